The van der Waals surface area contributed by atoms with E-state index in [0.29, 0.717) is 30.9 Å². The van der Waals surface area contributed by atoms with Gasteiger partial charge >= 0.3 is 0 Å². The molecule has 0 saturated heterocycles. The van der Waals surface area contributed by atoms with E-state index in [2.05, 4.69) is 5.16 Å². The number of carbonyl (C=O) groups is 1. The van der Waals surface area contributed by atoms with Crippen molar-refractivity contribution < 1.29 is 18.8 Å². The van der Waals surface area contributed by atoms with Crippen LogP contribution >= 0.6 is 0 Å². The Morgan fingerprint density at radius 1 is 1.29 bits per heavy atom. The van der Waals surface area contributed by atoms with Gasteiger partial charge in [0.15, 0.2) is 17.3 Å². The molecule has 1 aromatic heterocycles. The quantitative estimate of drug-likeness (QED) is 0.843. The highest BCUT2D eigenvalue weighted by Crippen LogP contribution is 2.28. The summed E-state index contributed by atoms with van der Waals surface area (Å²) in [5.41, 5.74) is 3.13. The molecule has 2 aromatic rings. The van der Waals surface area contributed by atoms with Crippen molar-refractivity contribution in [1.82, 2.24) is 10.1 Å². The first-order chi connectivity index (χ1) is 11.6. The van der Waals surface area contributed by atoms with Crippen LogP contribution in [0.4, 0.5) is 0 Å². The normalized spacial score (nSPS) is 13.5. The van der Waals surface area contributed by atoms with Gasteiger partial charge in [0.25, 0.3) is 0 Å². The van der Waals surface area contributed by atoms with Crippen LogP contribution in [0.2, 0.25) is 0 Å². The minimum absolute atomic E-state index is 0.129. The average Bonchev–Trinajstić information content (AvgIpc) is 2.99. The van der Waals surface area contributed by atoms with Gasteiger partial charge in [0.2, 0.25) is 5.91 Å². The van der Waals surface area contributed by atoms with Crippen LogP contribution in [0.15, 0.2) is 22.7 Å². The second-order valence-corrected chi connectivity index (χ2v) is 5.92. The molecule has 0 aliphatic carbocycles. The molecule has 0 unspecified atom stereocenters. The third kappa shape index (κ3) is 3.22. The maximum absolute atomic E-state index is 12.5. The number of hydrogen-bond acceptors (Lipinski definition) is 5. The molecule has 0 atom stereocenters. The van der Waals surface area contributed by atoms with Crippen molar-refractivity contribution in [1.29, 1.82) is 0 Å². The minimum atomic E-state index is 0.129. The first-order valence-corrected chi connectivity index (χ1v) is 8.05. The highest BCUT2D eigenvalue weighted by atomic mass is 16.5. The van der Waals surface area contributed by atoms with Crippen molar-refractivity contribution in [3.8, 4) is 11.5 Å². The van der Waals surface area contributed by atoms with E-state index >= 15 is 0 Å². The highest BCUT2D eigenvalue weighted by molar-refractivity contribution is 5.76. The molecule has 1 aliphatic rings. The molecule has 2 heterocycles. The molecule has 0 fully saturated rings. The number of rotatable bonds is 5. The summed E-state index contributed by atoms with van der Waals surface area (Å²) in [5.74, 6) is 2.32. The van der Waals surface area contributed by atoms with Gasteiger partial charge in [-0.15, -0.1) is 0 Å². The smallest absolute Gasteiger partial charge is 0.223 e. The molecule has 6 heteroatoms. The van der Waals surface area contributed by atoms with Crippen molar-refractivity contribution in [2.45, 2.75) is 32.7 Å². The summed E-state index contributed by atoms with van der Waals surface area (Å²) < 4.78 is 15.8. The minimum Gasteiger partial charge on any atom is -0.493 e. The van der Waals surface area contributed by atoms with E-state index < -0.39 is 0 Å². The fourth-order valence-corrected chi connectivity index (χ4v) is 3.04. The summed E-state index contributed by atoms with van der Waals surface area (Å²) in [6.07, 6.45) is 1.93. The molecule has 1 aliphatic heterocycles. The molecule has 24 heavy (non-hydrogen) atoms. The van der Waals surface area contributed by atoms with Crippen molar-refractivity contribution >= 4 is 5.91 Å². The van der Waals surface area contributed by atoms with Crippen molar-refractivity contribution in [2.24, 2.45) is 0 Å². The van der Waals surface area contributed by atoms with Crippen molar-refractivity contribution in [3.63, 3.8) is 0 Å². The summed E-state index contributed by atoms with van der Waals surface area (Å²) >= 11 is 0. The van der Waals surface area contributed by atoms with Gasteiger partial charge in [-0.25, -0.2) is 0 Å². The van der Waals surface area contributed by atoms with E-state index in [1.165, 1.54) is 0 Å². The first-order valence-electron chi connectivity index (χ1n) is 8.05. The van der Waals surface area contributed by atoms with Crippen LogP contribution in [0.5, 0.6) is 11.5 Å². The van der Waals surface area contributed by atoms with Gasteiger partial charge in [0.1, 0.15) is 0 Å². The SMILES string of the molecule is COc1ccc(CCC(=O)N2CCc3c(C)noc3C2)cc1OC. The predicted octanol–water partition coefficient (Wildman–Crippen LogP) is 2.52. The molecule has 1 amide bonds. The topological polar surface area (TPSA) is 64.8 Å². The zero-order chi connectivity index (χ0) is 17.1. The van der Waals surface area contributed by atoms with Gasteiger partial charge in [-0.1, -0.05) is 11.2 Å². The zero-order valence-corrected chi connectivity index (χ0v) is 14.3. The summed E-state index contributed by atoms with van der Waals surface area (Å²) in [4.78, 5) is 14.3. The standard InChI is InChI=1S/C18H22N2O4/c1-12-14-8-9-20(11-17(14)24-19-12)18(21)7-5-13-4-6-15(22-2)16(10-13)23-3/h4,6,10H,5,7-9,11H2,1-3H3. The number of nitrogens with zero attached hydrogens (tertiary/aromatic N) is 2. The highest BCUT2D eigenvalue weighted by Gasteiger charge is 2.25. The van der Waals surface area contributed by atoms with Crippen molar-refractivity contribution in [2.75, 3.05) is 20.8 Å². The van der Waals surface area contributed by atoms with Crippen LogP contribution in [0.25, 0.3) is 0 Å². The summed E-state index contributed by atoms with van der Waals surface area (Å²) in [6.45, 7) is 3.18. The lowest BCUT2D eigenvalue weighted by molar-refractivity contribution is -0.132. The van der Waals surface area contributed by atoms with E-state index in [9.17, 15) is 4.79 Å². The van der Waals surface area contributed by atoms with E-state index in [1.54, 1.807) is 14.2 Å². The summed E-state index contributed by atoms with van der Waals surface area (Å²) in [7, 11) is 3.22. The molecule has 0 saturated carbocycles. The Bertz CT molecular complexity index is 739. The van der Waals surface area contributed by atoms with Gasteiger partial charge < -0.3 is 18.9 Å². The lowest BCUT2D eigenvalue weighted by Gasteiger charge is -2.25. The van der Waals surface area contributed by atoms with E-state index in [-0.39, 0.29) is 5.91 Å². The number of methoxy groups -OCH3 is 2. The van der Waals surface area contributed by atoms with Crippen molar-refractivity contribution in [3.05, 3.63) is 40.8 Å². The Balaban J connectivity index is 1.60. The summed E-state index contributed by atoms with van der Waals surface area (Å²) in [6, 6.07) is 5.74. The number of amides is 1. The van der Waals surface area contributed by atoms with Crippen LogP contribution in [0.3, 0.4) is 0 Å². The molecule has 0 N–H and O–H groups in total. The second kappa shape index (κ2) is 6.95. The molecule has 0 bridgehead atoms. The van der Waals surface area contributed by atoms with E-state index in [4.69, 9.17) is 14.0 Å². The fourth-order valence-electron chi connectivity index (χ4n) is 3.04. The van der Waals surface area contributed by atoms with E-state index in [0.717, 1.165) is 35.5 Å². The first kappa shape index (κ1) is 16.4. The number of aromatic nitrogens is 1. The molecule has 128 valence electrons. The molecule has 1 aromatic carbocycles. The van der Waals surface area contributed by atoms with Crippen LogP contribution in [-0.2, 0) is 24.2 Å². The lowest BCUT2D eigenvalue weighted by Crippen LogP contribution is -2.35. The fraction of sp³-hybridized carbons (Fsp3) is 0.444. The number of hydrogen-bond donors (Lipinski definition) is 0. The molecule has 6 nitrogen and oxygen atoms in total. The largest absolute Gasteiger partial charge is 0.493 e. The number of ether oxygens (including phenoxy) is 2. The number of carbonyl (C=O) groups excluding carboxylic acids is 1. The molecular weight excluding hydrogens is 308 g/mol. The van der Waals surface area contributed by atoms with Gasteiger partial charge in [0.05, 0.1) is 26.5 Å². The van der Waals surface area contributed by atoms with Gasteiger partial charge in [-0.2, -0.15) is 0 Å². The average molecular weight is 330 g/mol. The zero-order valence-electron chi connectivity index (χ0n) is 14.3. The van der Waals surface area contributed by atoms with Gasteiger partial charge in [-0.05, 0) is 37.5 Å². The molecule has 3 rings (SSSR count). The Labute approximate surface area is 141 Å². The Morgan fingerprint density at radius 3 is 2.83 bits per heavy atom. The van der Waals surface area contributed by atoms with Crippen LogP contribution in [0, 0.1) is 6.92 Å². The molecule has 0 spiro atoms. The number of fused-ring (bicyclic) bond motifs is 1. The third-order valence-corrected chi connectivity index (χ3v) is 4.46. The maximum Gasteiger partial charge on any atom is 0.223 e. The molecular formula is C18H22N2O4. The van der Waals surface area contributed by atoms with E-state index in [1.807, 2.05) is 30.0 Å². The third-order valence-electron chi connectivity index (χ3n) is 4.46. The molecule has 0 radical (unpaired) electrons. The summed E-state index contributed by atoms with van der Waals surface area (Å²) in [5, 5.41) is 3.98. The Morgan fingerprint density at radius 2 is 2.08 bits per heavy atom. The number of aryl methyl sites for hydroxylation is 2. The maximum atomic E-state index is 12.5. The number of benzene rings is 1. The monoisotopic (exact) mass is 330 g/mol. The predicted molar refractivity (Wildman–Crippen MR) is 88.2 cm³/mol. The lowest BCUT2D eigenvalue weighted by atomic mass is 10.0. The second-order valence-electron chi connectivity index (χ2n) is 5.92. The van der Waals surface area contributed by atoms with Gasteiger partial charge in [0, 0.05) is 18.5 Å². The Hall–Kier alpha value is -2.50. The van der Waals surface area contributed by atoms with Crippen LogP contribution in [-0.4, -0.2) is 36.7 Å². The van der Waals surface area contributed by atoms with Crippen LogP contribution in [0.1, 0.15) is 29.0 Å². The van der Waals surface area contributed by atoms with Gasteiger partial charge in [-0.3, -0.25) is 4.79 Å². The Kier molecular flexibility index (Phi) is 4.74. The van der Waals surface area contributed by atoms with Crippen LogP contribution < -0.4 is 9.47 Å².